The summed E-state index contributed by atoms with van der Waals surface area (Å²) in [6, 6.07) is 0. The molecule has 3 aliphatic rings. The molecule has 0 N–H and O–H groups in total. The van der Waals surface area contributed by atoms with E-state index in [1.165, 1.54) is 12.5 Å². The predicted molar refractivity (Wildman–Crippen MR) is 78.9 cm³/mol. The van der Waals surface area contributed by atoms with Crippen LogP contribution >= 0.6 is 0 Å². The molecule has 4 nitrogen and oxygen atoms in total. The quantitative estimate of drug-likeness (QED) is 0.429. The lowest BCUT2D eigenvalue weighted by atomic mass is 9.62. The fourth-order valence-electron chi connectivity index (χ4n) is 4.26. The van der Waals surface area contributed by atoms with Crippen molar-refractivity contribution in [3.63, 3.8) is 0 Å². The number of carbonyl (C=O) groups is 1. The van der Waals surface area contributed by atoms with Gasteiger partial charge in [-0.3, -0.25) is 0 Å². The summed E-state index contributed by atoms with van der Waals surface area (Å²) in [4.78, 5) is 11.7. The molecular weight excluding hydrogens is 268 g/mol. The molecule has 0 radical (unpaired) electrons. The van der Waals surface area contributed by atoms with Crippen LogP contribution in [0.1, 0.15) is 51.9 Å². The van der Waals surface area contributed by atoms with Crippen molar-refractivity contribution in [2.24, 2.45) is 5.92 Å². The van der Waals surface area contributed by atoms with Crippen LogP contribution in [0.25, 0.3) is 0 Å². The van der Waals surface area contributed by atoms with E-state index >= 15 is 0 Å². The second-order valence-corrected chi connectivity index (χ2v) is 6.95. The van der Waals surface area contributed by atoms with Gasteiger partial charge >= 0.3 is 5.97 Å². The minimum Gasteiger partial charge on any atom is -0.456 e. The molecule has 21 heavy (non-hydrogen) atoms. The van der Waals surface area contributed by atoms with Crippen molar-refractivity contribution in [3.05, 3.63) is 12.7 Å². The maximum Gasteiger partial charge on any atom is 0.330 e. The van der Waals surface area contributed by atoms with Gasteiger partial charge in [0.15, 0.2) is 0 Å². The van der Waals surface area contributed by atoms with Crippen LogP contribution in [-0.4, -0.2) is 36.5 Å². The van der Waals surface area contributed by atoms with Gasteiger partial charge in [-0.15, -0.1) is 0 Å². The Morgan fingerprint density at radius 1 is 1.48 bits per heavy atom. The molecule has 0 aromatic heterocycles. The third kappa shape index (κ3) is 3.32. The average molecular weight is 294 g/mol. The van der Waals surface area contributed by atoms with Gasteiger partial charge < -0.3 is 14.2 Å². The lowest BCUT2D eigenvalue weighted by Gasteiger charge is -2.52. The molecule has 2 bridgehead atoms. The van der Waals surface area contributed by atoms with E-state index in [1.807, 2.05) is 0 Å². The summed E-state index contributed by atoms with van der Waals surface area (Å²) in [5, 5.41) is 0. The molecule has 0 amide bonds. The molecule has 4 unspecified atom stereocenters. The van der Waals surface area contributed by atoms with Crippen LogP contribution in [0.3, 0.4) is 0 Å². The van der Waals surface area contributed by atoms with Gasteiger partial charge in [-0.2, -0.15) is 0 Å². The topological polar surface area (TPSA) is 48.1 Å². The van der Waals surface area contributed by atoms with Crippen LogP contribution in [0.5, 0.6) is 0 Å². The molecule has 0 aromatic carbocycles. The van der Waals surface area contributed by atoms with Crippen molar-refractivity contribution in [2.45, 2.75) is 69.2 Å². The molecule has 3 fully saturated rings. The number of esters is 1. The lowest BCUT2D eigenvalue weighted by Crippen LogP contribution is -2.54. The van der Waals surface area contributed by atoms with Crippen molar-refractivity contribution in [1.29, 1.82) is 0 Å². The zero-order valence-corrected chi connectivity index (χ0v) is 12.9. The van der Waals surface area contributed by atoms with Crippen LogP contribution < -0.4 is 0 Å². The molecule has 1 aliphatic heterocycles. The van der Waals surface area contributed by atoms with Gasteiger partial charge in [0, 0.05) is 12.5 Å². The van der Waals surface area contributed by atoms with Gasteiger partial charge in [0.2, 0.25) is 0 Å². The van der Waals surface area contributed by atoms with E-state index in [1.54, 1.807) is 0 Å². The molecule has 1 heterocycles. The Balaban J connectivity index is 1.75. The summed E-state index contributed by atoms with van der Waals surface area (Å²) in [5.74, 6) is 0.304. The summed E-state index contributed by atoms with van der Waals surface area (Å²) in [7, 11) is 0. The van der Waals surface area contributed by atoms with E-state index in [2.05, 4.69) is 13.5 Å². The Kier molecular flexibility index (Phi) is 4.10. The first-order chi connectivity index (χ1) is 10.1. The summed E-state index contributed by atoms with van der Waals surface area (Å²) in [6.45, 7) is 7.20. The largest absolute Gasteiger partial charge is 0.456 e. The van der Waals surface area contributed by atoms with Crippen LogP contribution in [0.15, 0.2) is 12.7 Å². The molecule has 1 saturated heterocycles. The Morgan fingerprint density at radius 3 is 2.95 bits per heavy atom. The van der Waals surface area contributed by atoms with Crippen LogP contribution in [-0.2, 0) is 19.0 Å². The highest BCUT2D eigenvalue weighted by Crippen LogP contribution is 2.51. The van der Waals surface area contributed by atoms with Crippen molar-refractivity contribution >= 4 is 5.97 Å². The Morgan fingerprint density at radius 2 is 2.29 bits per heavy atom. The number of hydrogen-bond acceptors (Lipinski definition) is 4. The van der Waals surface area contributed by atoms with E-state index in [9.17, 15) is 4.79 Å². The third-order valence-corrected chi connectivity index (χ3v) is 5.32. The molecule has 3 rings (SSSR count). The van der Waals surface area contributed by atoms with Crippen molar-refractivity contribution in [3.8, 4) is 0 Å². The molecular formula is C17H26O4. The monoisotopic (exact) mass is 294 g/mol. The summed E-state index contributed by atoms with van der Waals surface area (Å²) >= 11 is 0. The summed E-state index contributed by atoms with van der Waals surface area (Å²) in [6.07, 6.45) is 8.72. The highest BCUT2D eigenvalue weighted by Gasteiger charge is 2.52. The smallest absolute Gasteiger partial charge is 0.330 e. The standard InChI is InChI=1S/C17H26O4/c1-3-15(18)21-17-7-5-6-13(9-17)8-16(4-2,12-17)20-11-14-10-19-14/h3,13-14H,1,4-12H2,2H3. The zero-order valence-electron chi connectivity index (χ0n) is 12.9. The predicted octanol–water partition coefficient (Wildman–Crippen LogP) is 3.00. The Bertz CT molecular complexity index is 417. The summed E-state index contributed by atoms with van der Waals surface area (Å²) < 4.78 is 17.4. The number of ether oxygens (including phenoxy) is 3. The van der Waals surface area contributed by atoms with E-state index in [0.717, 1.165) is 45.1 Å². The third-order valence-electron chi connectivity index (χ3n) is 5.32. The average Bonchev–Trinajstić information content (AvgIpc) is 3.28. The van der Waals surface area contributed by atoms with Gasteiger partial charge in [-0.05, 0) is 38.0 Å². The first-order valence-corrected chi connectivity index (χ1v) is 8.20. The minimum absolute atomic E-state index is 0.156. The summed E-state index contributed by atoms with van der Waals surface area (Å²) in [5.41, 5.74) is -0.496. The van der Waals surface area contributed by atoms with Gasteiger partial charge in [0.05, 0.1) is 18.8 Å². The van der Waals surface area contributed by atoms with Crippen LogP contribution in [0.2, 0.25) is 0 Å². The van der Waals surface area contributed by atoms with E-state index in [4.69, 9.17) is 14.2 Å². The number of carbonyl (C=O) groups excluding carboxylic acids is 1. The van der Waals surface area contributed by atoms with Crippen LogP contribution in [0, 0.1) is 5.92 Å². The first kappa shape index (κ1) is 15.0. The Labute approximate surface area is 126 Å². The zero-order chi connectivity index (χ0) is 14.9. The Hall–Kier alpha value is -0.870. The minimum atomic E-state index is -0.340. The van der Waals surface area contributed by atoms with Gasteiger partial charge in [-0.1, -0.05) is 19.9 Å². The van der Waals surface area contributed by atoms with Crippen LogP contribution in [0.4, 0.5) is 0 Å². The fraction of sp³-hybridized carbons (Fsp3) is 0.824. The maximum atomic E-state index is 11.7. The van der Waals surface area contributed by atoms with Gasteiger partial charge in [0.25, 0.3) is 0 Å². The highest BCUT2D eigenvalue weighted by molar-refractivity contribution is 5.81. The lowest BCUT2D eigenvalue weighted by molar-refractivity contribution is -0.194. The first-order valence-electron chi connectivity index (χ1n) is 8.20. The fourth-order valence-corrected chi connectivity index (χ4v) is 4.26. The molecule has 0 spiro atoms. The number of hydrogen-bond donors (Lipinski definition) is 0. The van der Waals surface area contributed by atoms with Gasteiger partial charge in [-0.25, -0.2) is 4.79 Å². The van der Waals surface area contributed by atoms with E-state index < -0.39 is 0 Å². The normalized spacial score (nSPS) is 41.4. The second-order valence-electron chi connectivity index (χ2n) is 6.95. The van der Waals surface area contributed by atoms with Gasteiger partial charge in [0.1, 0.15) is 11.7 Å². The molecule has 2 saturated carbocycles. The second kappa shape index (κ2) is 5.73. The highest BCUT2D eigenvalue weighted by atomic mass is 16.6. The van der Waals surface area contributed by atoms with Crippen molar-refractivity contribution in [2.75, 3.05) is 13.2 Å². The molecule has 0 aromatic rings. The molecule has 4 atom stereocenters. The molecule has 4 heteroatoms. The molecule has 2 aliphatic carbocycles. The number of fused-ring (bicyclic) bond motifs is 2. The van der Waals surface area contributed by atoms with Crippen molar-refractivity contribution < 1.29 is 19.0 Å². The van der Waals surface area contributed by atoms with Crippen molar-refractivity contribution in [1.82, 2.24) is 0 Å². The maximum absolute atomic E-state index is 11.7. The molecule has 118 valence electrons. The number of rotatable bonds is 6. The number of epoxide rings is 1. The van der Waals surface area contributed by atoms with E-state index in [0.29, 0.717) is 12.5 Å². The SMILES string of the molecule is C=CC(=O)OC12CCCC(CC(CC)(OCC3CO3)C1)C2. The van der Waals surface area contributed by atoms with E-state index in [-0.39, 0.29) is 23.3 Å².